The lowest BCUT2D eigenvalue weighted by molar-refractivity contribution is -0.120. The molecule has 3 aromatic rings. The van der Waals surface area contributed by atoms with Gasteiger partial charge in [0.2, 0.25) is 5.91 Å². The first kappa shape index (κ1) is 20.5. The van der Waals surface area contributed by atoms with E-state index in [0.717, 1.165) is 16.9 Å². The zero-order chi connectivity index (χ0) is 20.5. The van der Waals surface area contributed by atoms with E-state index in [0.29, 0.717) is 24.5 Å². The summed E-state index contributed by atoms with van der Waals surface area (Å²) in [5.74, 6) is 2.07. The molecule has 0 spiro atoms. The Kier molecular flexibility index (Phi) is 7.30. The van der Waals surface area contributed by atoms with E-state index in [2.05, 4.69) is 10.6 Å². The van der Waals surface area contributed by atoms with Gasteiger partial charge in [0, 0.05) is 6.54 Å². The molecule has 2 N–H and O–H groups in total. The number of carbonyl (C=O) groups excluding carboxylic acids is 1. The minimum absolute atomic E-state index is 0.0713. The molecule has 0 aliphatic carbocycles. The maximum absolute atomic E-state index is 12.3. The summed E-state index contributed by atoms with van der Waals surface area (Å²) in [5.41, 5.74) is 2.11. The summed E-state index contributed by atoms with van der Waals surface area (Å²) in [6.45, 7) is 0.721. The SMILES string of the molecule is COc1ccc(CCNC(=O)CN[C@@H](c2ccccc2)c2ccco2)cc1OC. The highest BCUT2D eigenvalue weighted by molar-refractivity contribution is 5.78. The molecule has 0 unspecified atom stereocenters. The van der Waals surface area contributed by atoms with Crippen LogP contribution in [0.3, 0.4) is 0 Å². The van der Waals surface area contributed by atoms with Gasteiger partial charge in [0.15, 0.2) is 11.5 Å². The van der Waals surface area contributed by atoms with E-state index in [1.54, 1.807) is 20.5 Å². The molecule has 6 heteroatoms. The third-order valence-electron chi connectivity index (χ3n) is 4.61. The number of methoxy groups -OCH3 is 2. The molecule has 1 heterocycles. The molecule has 29 heavy (non-hydrogen) atoms. The molecule has 0 saturated carbocycles. The lowest BCUT2D eigenvalue weighted by Gasteiger charge is -2.17. The summed E-state index contributed by atoms with van der Waals surface area (Å²) in [6, 6.07) is 19.2. The Labute approximate surface area is 170 Å². The van der Waals surface area contributed by atoms with Gasteiger partial charge in [-0.25, -0.2) is 0 Å². The third kappa shape index (κ3) is 5.62. The molecule has 0 fully saturated rings. The van der Waals surface area contributed by atoms with Crippen molar-refractivity contribution in [2.24, 2.45) is 0 Å². The largest absolute Gasteiger partial charge is 0.493 e. The normalized spacial score (nSPS) is 11.7. The maximum Gasteiger partial charge on any atom is 0.233 e. The lowest BCUT2D eigenvalue weighted by atomic mass is 10.0. The summed E-state index contributed by atoms with van der Waals surface area (Å²) in [4.78, 5) is 12.3. The van der Waals surface area contributed by atoms with Crippen molar-refractivity contribution < 1.29 is 18.7 Å². The van der Waals surface area contributed by atoms with E-state index in [1.807, 2.05) is 60.7 Å². The van der Waals surface area contributed by atoms with Crippen LogP contribution < -0.4 is 20.1 Å². The van der Waals surface area contributed by atoms with Gasteiger partial charge in [0.05, 0.1) is 33.1 Å². The fourth-order valence-electron chi connectivity index (χ4n) is 3.12. The minimum atomic E-state index is -0.178. The Hall–Kier alpha value is -3.25. The zero-order valence-corrected chi connectivity index (χ0v) is 16.7. The topological polar surface area (TPSA) is 72.7 Å². The predicted molar refractivity (Wildman–Crippen MR) is 111 cm³/mol. The molecule has 1 amide bonds. The van der Waals surface area contributed by atoms with Gasteiger partial charge >= 0.3 is 0 Å². The highest BCUT2D eigenvalue weighted by Gasteiger charge is 2.17. The van der Waals surface area contributed by atoms with Crippen LogP contribution in [0, 0.1) is 0 Å². The summed E-state index contributed by atoms with van der Waals surface area (Å²) >= 11 is 0. The molecule has 0 saturated heterocycles. The van der Waals surface area contributed by atoms with Crippen LogP contribution in [-0.2, 0) is 11.2 Å². The van der Waals surface area contributed by atoms with Crippen LogP contribution in [0.1, 0.15) is 22.9 Å². The second-order valence-electron chi connectivity index (χ2n) is 6.53. The number of hydrogen-bond acceptors (Lipinski definition) is 5. The second kappa shape index (κ2) is 10.3. The predicted octanol–water partition coefficient (Wildman–Crippen LogP) is 3.33. The van der Waals surface area contributed by atoms with Crippen molar-refractivity contribution in [1.82, 2.24) is 10.6 Å². The van der Waals surface area contributed by atoms with Crippen molar-refractivity contribution >= 4 is 5.91 Å². The van der Waals surface area contributed by atoms with Gasteiger partial charge < -0.3 is 19.2 Å². The Morgan fingerprint density at radius 1 is 1.00 bits per heavy atom. The van der Waals surface area contributed by atoms with Gasteiger partial charge in [0.25, 0.3) is 0 Å². The van der Waals surface area contributed by atoms with Gasteiger partial charge in [0.1, 0.15) is 5.76 Å². The van der Waals surface area contributed by atoms with E-state index in [9.17, 15) is 4.79 Å². The quantitative estimate of drug-likeness (QED) is 0.552. The van der Waals surface area contributed by atoms with Crippen LogP contribution in [0.15, 0.2) is 71.3 Å². The molecule has 1 atom stereocenters. The fourth-order valence-corrected chi connectivity index (χ4v) is 3.12. The van der Waals surface area contributed by atoms with Gasteiger partial charge in [-0.15, -0.1) is 0 Å². The first-order valence-electron chi connectivity index (χ1n) is 9.50. The zero-order valence-electron chi connectivity index (χ0n) is 16.7. The summed E-state index contributed by atoms with van der Waals surface area (Å²) in [5, 5.41) is 6.22. The van der Waals surface area contributed by atoms with Crippen molar-refractivity contribution in [3.05, 3.63) is 83.8 Å². The number of carbonyl (C=O) groups is 1. The molecular formula is C23H26N2O4. The van der Waals surface area contributed by atoms with Crippen molar-refractivity contribution in [2.45, 2.75) is 12.5 Å². The molecule has 0 aliphatic heterocycles. The molecule has 1 aromatic heterocycles. The monoisotopic (exact) mass is 394 g/mol. The third-order valence-corrected chi connectivity index (χ3v) is 4.61. The minimum Gasteiger partial charge on any atom is -0.493 e. The van der Waals surface area contributed by atoms with E-state index in [1.165, 1.54) is 0 Å². The number of amides is 1. The molecule has 2 aromatic carbocycles. The summed E-state index contributed by atoms with van der Waals surface area (Å²) in [6.07, 6.45) is 2.34. The maximum atomic E-state index is 12.3. The molecule has 0 bridgehead atoms. The van der Waals surface area contributed by atoms with Gasteiger partial charge in [-0.2, -0.15) is 0 Å². The number of nitrogens with one attached hydrogen (secondary N) is 2. The van der Waals surface area contributed by atoms with Crippen LogP contribution in [0.2, 0.25) is 0 Å². The first-order chi connectivity index (χ1) is 14.2. The highest BCUT2D eigenvalue weighted by Crippen LogP contribution is 2.27. The second-order valence-corrected chi connectivity index (χ2v) is 6.53. The fraction of sp³-hybridized carbons (Fsp3) is 0.261. The first-order valence-corrected chi connectivity index (χ1v) is 9.50. The Balaban J connectivity index is 1.51. The number of furan rings is 1. The van der Waals surface area contributed by atoms with Crippen LogP contribution in [0.4, 0.5) is 0 Å². The van der Waals surface area contributed by atoms with Gasteiger partial charge in [-0.05, 0) is 41.8 Å². The van der Waals surface area contributed by atoms with E-state index in [-0.39, 0.29) is 18.5 Å². The Bertz CT molecular complexity index is 895. The van der Waals surface area contributed by atoms with Crippen LogP contribution in [0.5, 0.6) is 11.5 Å². The Morgan fingerprint density at radius 3 is 2.48 bits per heavy atom. The molecular weight excluding hydrogens is 368 g/mol. The van der Waals surface area contributed by atoms with E-state index in [4.69, 9.17) is 13.9 Å². The summed E-state index contributed by atoms with van der Waals surface area (Å²) in [7, 11) is 3.22. The molecule has 6 nitrogen and oxygen atoms in total. The smallest absolute Gasteiger partial charge is 0.233 e. The molecule has 3 rings (SSSR count). The van der Waals surface area contributed by atoms with E-state index >= 15 is 0 Å². The van der Waals surface area contributed by atoms with Crippen LogP contribution in [-0.4, -0.2) is 33.2 Å². The number of rotatable bonds is 10. The van der Waals surface area contributed by atoms with Crippen molar-refractivity contribution in [2.75, 3.05) is 27.3 Å². The van der Waals surface area contributed by atoms with E-state index < -0.39 is 0 Å². The van der Waals surface area contributed by atoms with Crippen LogP contribution >= 0.6 is 0 Å². The summed E-state index contributed by atoms with van der Waals surface area (Å²) < 4.78 is 16.1. The van der Waals surface area contributed by atoms with Crippen molar-refractivity contribution in [3.63, 3.8) is 0 Å². The van der Waals surface area contributed by atoms with Crippen LogP contribution in [0.25, 0.3) is 0 Å². The average molecular weight is 394 g/mol. The standard InChI is InChI=1S/C23H26N2O4/c1-27-19-11-10-17(15-21(19)28-2)12-13-24-22(26)16-25-23(20-9-6-14-29-20)18-7-4-3-5-8-18/h3-11,14-15,23,25H,12-13,16H2,1-2H3,(H,24,26)/t23-/m0/s1. The van der Waals surface area contributed by atoms with Gasteiger partial charge in [-0.1, -0.05) is 36.4 Å². The molecule has 0 radical (unpaired) electrons. The van der Waals surface area contributed by atoms with Gasteiger partial charge in [-0.3, -0.25) is 10.1 Å². The number of benzene rings is 2. The van der Waals surface area contributed by atoms with Crippen molar-refractivity contribution in [1.29, 1.82) is 0 Å². The highest BCUT2D eigenvalue weighted by atomic mass is 16.5. The average Bonchev–Trinajstić information content (AvgIpc) is 3.29. The molecule has 152 valence electrons. The lowest BCUT2D eigenvalue weighted by Crippen LogP contribution is -2.36. The Morgan fingerprint density at radius 2 is 1.79 bits per heavy atom. The van der Waals surface area contributed by atoms with Crippen molar-refractivity contribution in [3.8, 4) is 11.5 Å². The number of ether oxygens (including phenoxy) is 2. The number of hydrogen-bond donors (Lipinski definition) is 2. The molecule has 0 aliphatic rings.